The maximum absolute atomic E-state index is 11.8. The van der Waals surface area contributed by atoms with Crippen LogP contribution in [-0.2, 0) is 9.53 Å². The van der Waals surface area contributed by atoms with Crippen LogP contribution in [0.5, 0.6) is 11.5 Å². The van der Waals surface area contributed by atoms with Crippen molar-refractivity contribution in [3.8, 4) is 11.5 Å². The molecule has 1 unspecified atom stereocenters. The monoisotopic (exact) mass is 394 g/mol. The minimum absolute atomic E-state index is 0.263. The molecule has 8 heteroatoms. The Morgan fingerprint density at radius 3 is 2.88 bits per heavy atom. The topological polar surface area (TPSA) is 89.7 Å². The van der Waals surface area contributed by atoms with Gasteiger partial charge in [0, 0.05) is 10.7 Å². The quantitative estimate of drug-likeness (QED) is 0.755. The van der Waals surface area contributed by atoms with Crippen molar-refractivity contribution >= 4 is 27.8 Å². The van der Waals surface area contributed by atoms with Crippen LogP contribution in [0.1, 0.15) is 10.5 Å². The van der Waals surface area contributed by atoms with Gasteiger partial charge in [-0.05, 0) is 34.1 Å². The molecule has 1 amide bonds. The first-order valence-electron chi connectivity index (χ1n) is 7.28. The maximum Gasteiger partial charge on any atom is 0.355 e. The minimum Gasteiger partial charge on any atom is -0.486 e. The van der Waals surface area contributed by atoms with Crippen LogP contribution in [0, 0.1) is 0 Å². The minimum atomic E-state index is -0.595. The van der Waals surface area contributed by atoms with Gasteiger partial charge in [0.2, 0.25) is 0 Å². The summed E-state index contributed by atoms with van der Waals surface area (Å²) in [5.74, 6) is 0.330. The van der Waals surface area contributed by atoms with Crippen LogP contribution in [0.4, 0.5) is 0 Å². The molecule has 2 N–H and O–H groups in total. The second kappa shape index (κ2) is 7.39. The SMILES string of the molecule is O=C(COC(=O)c1cc(Br)c[nH]1)NCC1COc2ccccc2O1. The predicted molar refractivity (Wildman–Crippen MR) is 88.1 cm³/mol. The molecule has 0 saturated carbocycles. The third kappa shape index (κ3) is 4.08. The molecule has 0 spiro atoms. The van der Waals surface area contributed by atoms with E-state index >= 15 is 0 Å². The number of hydrogen-bond acceptors (Lipinski definition) is 5. The Labute approximate surface area is 146 Å². The van der Waals surface area contributed by atoms with Crippen molar-refractivity contribution in [3.63, 3.8) is 0 Å². The number of aromatic amines is 1. The number of nitrogens with one attached hydrogen (secondary N) is 2. The van der Waals surface area contributed by atoms with Crippen LogP contribution in [0.2, 0.25) is 0 Å². The third-order valence-electron chi connectivity index (χ3n) is 3.30. The Morgan fingerprint density at radius 1 is 1.33 bits per heavy atom. The lowest BCUT2D eigenvalue weighted by atomic mass is 10.2. The summed E-state index contributed by atoms with van der Waals surface area (Å²) < 4.78 is 16.9. The van der Waals surface area contributed by atoms with Gasteiger partial charge in [-0.3, -0.25) is 4.79 Å². The predicted octanol–water partition coefficient (Wildman–Crippen LogP) is 1.89. The van der Waals surface area contributed by atoms with E-state index in [2.05, 4.69) is 26.2 Å². The fourth-order valence-electron chi connectivity index (χ4n) is 2.14. The Kier molecular flexibility index (Phi) is 5.05. The van der Waals surface area contributed by atoms with Crippen LogP contribution in [0.25, 0.3) is 0 Å². The van der Waals surface area contributed by atoms with Gasteiger partial charge in [-0.25, -0.2) is 4.79 Å². The molecule has 126 valence electrons. The van der Waals surface area contributed by atoms with Gasteiger partial charge in [0.1, 0.15) is 18.4 Å². The van der Waals surface area contributed by atoms with Gasteiger partial charge in [0.25, 0.3) is 5.91 Å². The van der Waals surface area contributed by atoms with E-state index in [1.54, 1.807) is 18.3 Å². The van der Waals surface area contributed by atoms with Crippen molar-refractivity contribution in [1.29, 1.82) is 0 Å². The van der Waals surface area contributed by atoms with E-state index in [9.17, 15) is 9.59 Å². The Bertz CT molecular complexity index is 746. The van der Waals surface area contributed by atoms with E-state index in [1.165, 1.54) is 0 Å². The molecular formula is C16H15BrN2O5. The molecule has 0 radical (unpaired) electrons. The van der Waals surface area contributed by atoms with Crippen molar-refractivity contribution in [3.05, 3.63) is 46.7 Å². The molecule has 1 aliphatic heterocycles. The summed E-state index contributed by atoms with van der Waals surface area (Å²) >= 11 is 3.22. The number of ether oxygens (including phenoxy) is 3. The normalized spacial score (nSPS) is 15.6. The smallest absolute Gasteiger partial charge is 0.355 e. The first-order valence-corrected chi connectivity index (χ1v) is 8.07. The molecule has 3 rings (SSSR count). The highest BCUT2D eigenvalue weighted by Gasteiger charge is 2.21. The average molecular weight is 395 g/mol. The number of esters is 1. The van der Waals surface area contributed by atoms with Crippen LogP contribution in [0.15, 0.2) is 41.0 Å². The zero-order valence-corrected chi connectivity index (χ0v) is 14.2. The van der Waals surface area contributed by atoms with Gasteiger partial charge in [-0.1, -0.05) is 12.1 Å². The van der Waals surface area contributed by atoms with Crippen molar-refractivity contribution in [2.45, 2.75) is 6.10 Å². The summed E-state index contributed by atoms with van der Waals surface area (Å²) in [5, 5.41) is 2.65. The summed E-state index contributed by atoms with van der Waals surface area (Å²) in [4.78, 5) is 26.2. The number of H-pyrrole nitrogens is 1. The van der Waals surface area contributed by atoms with E-state index in [-0.39, 0.29) is 24.9 Å². The second-order valence-electron chi connectivity index (χ2n) is 5.11. The van der Waals surface area contributed by atoms with Gasteiger partial charge in [0.05, 0.1) is 6.54 Å². The fraction of sp³-hybridized carbons (Fsp3) is 0.250. The van der Waals surface area contributed by atoms with Crippen LogP contribution < -0.4 is 14.8 Å². The van der Waals surface area contributed by atoms with E-state index in [1.807, 2.05) is 18.2 Å². The molecule has 2 heterocycles. The summed E-state index contributed by atoms with van der Waals surface area (Å²) in [6, 6.07) is 8.91. The lowest BCUT2D eigenvalue weighted by Gasteiger charge is -2.26. The number of amides is 1. The molecule has 1 atom stereocenters. The Morgan fingerprint density at radius 2 is 2.12 bits per heavy atom. The molecule has 0 aliphatic carbocycles. The Balaban J connectivity index is 1.41. The van der Waals surface area contributed by atoms with E-state index in [4.69, 9.17) is 14.2 Å². The molecule has 1 aromatic carbocycles. The first kappa shape index (κ1) is 16.4. The molecule has 1 aliphatic rings. The summed E-state index contributed by atoms with van der Waals surface area (Å²) in [6.45, 7) is 0.242. The highest BCUT2D eigenvalue weighted by molar-refractivity contribution is 9.10. The average Bonchev–Trinajstić information content (AvgIpc) is 3.04. The lowest BCUT2D eigenvalue weighted by Crippen LogP contribution is -2.42. The number of aromatic nitrogens is 1. The van der Waals surface area contributed by atoms with Crippen LogP contribution in [-0.4, -0.2) is 42.7 Å². The first-order chi connectivity index (χ1) is 11.6. The molecule has 7 nitrogen and oxygen atoms in total. The van der Waals surface area contributed by atoms with Crippen LogP contribution >= 0.6 is 15.9 Å². The second-order valence-corrected chi connectivity index (χ2v) is 6.03. The largest absolute Gasteiger partial charge is 0.486 e. The third-order valence-corrected chi connectivity index (χ3v) is 3.75. The van der Waals surface area contributed by atoms with Gasteiger partial charge in [0.15, 0.2) is 18.1 Å². The zero-order chi connectivity index (χ0) is 16.9. The molecule has 1 aromatic heterocycles. The number of benzene rings is 1. The van der Waals surface area contributed by atoms with Gasteiger partial charge in [-0.15, -0.1) is 0 Å². The highest BCUT2D eigenvalue weighted by atomic mass is 79.9. The molecule has 24 heavy (non-hydrogen) atoms. The van der Waals surface area contributed by atoms with E-state index in [0.717, 1.165) is 4.47 Å². The highest BCUT2D eigenvalue weighted by Crippen LogP contribution is 2.30. The van der Waals surface area contributed by atoms with Gasteiger partial charge < -0.3 is 24.5 Å². The number of carbonyl (C=O) groups is 2. The van der Waals surface area contributed by atoms with Crippen molar-refractivity contribution < 1.29 is 23.8 Å². The summed E-state index contributed by atoms with van der Waals surface area (Å²) in [7, 11) is 0. The Hall–Kier alpha value is -2.48. The number of para-hydroxylation sites is 2. The van der Waals surface area contributed by atoms with Gasteiger partial charge in [-0.2, -0.15) is 0 Å². The lowest BCUT2D eigenvalue weighted by molar-refractivity contribution is -0.124. The van der Waals surface area contributed by atoms with Crippen molar-refractivity contribution in [1.82, 2.24) is 10.3 Å². The van der Waals surface area contributed by atoms with Gasteiger partial charge >= 0.3 is 5.97 Å². The fourth-order valence-corrected chi connectivity index (χ4v) is 2.48. The molecular weight excluding hydrogens is 380 g/mol. The summed E-state index contributed by atoms with van der Waals surface area (Å²) in [6.07, 6.45) is 1.31. The number of hydrogen-bond donors (Lipinski definition) is 2. The van der Waals surface area contributed by atoms with Crippen molar-refractivity contribution in [2.24, 2.45) is 0 Å². The number of fused-ring (bicyclic) bond motifs is 1. The summed E-state index contributed by atoms with van der Waals surface area (Å²) in [5.41, 5.74) is 0.273. The standard InChI is InChI=1S/C16H15BrN2O5/c17-10-5-12(18-6-10)16(21)23-9-15(20)19-7-11-8-22-13-3-1-2-4-14(13)24-11/h1-6,11,18H,7-9H2,(H,19,20). The molecule has 0 bridgehead atoms. The molecule has 2 aromatic rings. The number of carbonyl (C=O) groups excluding carboxylic acids is 2. The number of rotatable bonds is 5. The number of halogens is 1. The maximum atomic E-state index is 11.8. The van der Waals surface area contributed by atoms with Crippen LogP contribution in [0.3, 0.4) is 0 Å². The van der Waals surface area contributed by atoms with E-state index in [0.29, 0.717) is 18.1 Å². The van der Waals surface area contributed by atoms with E-state index < -0.39 is 11.9 Å². The molecule has 0 fully saturated rings. The van der Waals surface area contributed by atoms with Crippen molar-refractivity contribution in [2.75, 3.05) is 19.8 Å². The molecule has 0 saturated heterocycles. The zero-order valence-electron chi connectivity index (χ0n) is 12.6.